The molecule has 100 valence electrons. The van der Waals surface area contributed by atoms with Crippen LogP contribution >= 0.6 is 0 Å². The molecule has 0 aliphatic rings. The van der Waals surface area contributed by atoms with Crippen molar-refractivity contribution in [3.63, 3.8) is 0 Å². The topological polar surface area (TPSA) is 21.3 Å². The van der Waals surface area contributed by atoms with E-state index >= 15 is 0 Å². The molecule has 0 heterocycles. The second-order valence-electron chi connectivity index (χ2n) is 4.48. The Morgan fingerprint density at radius 1 is 1.00 bits per heavy atom. The number of hydrogen-bond acceptors (Lipinski definition) is 2. The van der Waals surface area contributed by atoms with Gasteiger partial charge in [-0.25, -0.2) is 4.39 Å². The molecule has 0 amide bonds. The summed E-state index contributed by atoms with van der Waals surface area (Å²) in [6.07, 6.45) is 0. The van der Waals surface area contributed by atoms with E-state index in [4.69, 9.17) is 4.74 Å². The van der Waals surface area contributed by atoms with Gasteiger partial charge in [0.05, 0.1) is 5.69 Å². The van der Waals surface area contributed by atoms with Crippen LogP contribution in [0, 0.1) is 19.7 Å². The van der Waals surface area contributed by atoms with Crippen LogP contribution < -0.4 is 10.1 Å². The summed E-state index contributed by atoms with van der Waals surface area (Å²) in [6.45, 7) is 5.11. The van der Waals surface area contributed by atoms with Crippen molar-refractivity contribution < 1.29 is 9.13 Å². The van der Waals surface area contributed by atoms with Crippen molar-refractivity contribution in [3.05, 3.63) is 59.4 Å². The van der Waals surface area contributed by atoms with Gasteiger partial charge in [0.15, 0.2) is 0 Å². The van der Waals surface area contributed by atoms with Gasteiger partial charge in [0.1, 0.15) is 18.2 Å². The maximum atomic E-state index is 13.4. The first-order chi connectivity index (χ1) is 9.18. The third-order valence-corrected chi connectivity index (χ3v) is 2.95. The third-order valence-electron chi connectivity index (χ3n) is 2.95. The summed E-state index contributed by atoms with van der Waals surface area (Å²) >= 11 is 0. The van der Waals surface area contributed by atoms with Gasteiger partial charge in [0.25, 0.3) is 0 Å². The molecule has 0 aromatic heterocycles. The Kier molecular flexibility index (Phi) is 4.39. The number of halogens is 1. The van der Waals surface area contributed by atoms with E-state index in [1.807, 2.05) is 32.0 Å². The zero-order chi connectivity index (χ0) is 13.7. The van der Waals surface area contributed by atoms with Crippen LogP contribution in [0.15, 0.2) is 42.5 Å². The molecule has 0 aliphatic heterocycles. The molecule has 0 radical (unpaired) electrons. The Morgan fingerprint density at radius 3 is 2.37 bits per heavy atom. The van der Waals surface area contributed by atoms with Crippen LogP contribution in [0.5, 0.6) is 5.75 Å². The molecule has 0 saturated heterocycles. The minimum absolute atomic E-state index is 0.241. The zero-order valence-corrected chi connectivity index (χ0v) is 11.2. The van der Waals surface area contributed by atoms with Gasteiger partial charge in [0, 0.05) is 6.54 Å². The van der Waals surface area contributed by atoms with E-state index in [0.717, 1.165) is 16.9 Å². The zero-order valence-electron chi connectivity index (χ0n) is 11.2. The summed E-state index contributed by atoms with van der Waals surface area (Å²) in [5, 5.41) is 3.02. The SMILES string of the molecule is Cc1cccc(C)c1OCCNc1ccccc1F. The first-order valence-electron chi connectivity index (χ1n) is 6.36. The van der Waals surface area contributed by atoms with Crippen molar-refractivity contribution in [1.82, 2.24) is 0 Å². The molecule has 2 aromatic carbocycles. The molecule has 1 N–H and O–H groups in total. The standard InChI is InChI=1S/C16H18FNO/c1-12-6-5-7-13(2)16(12)19-11-10-18-15-9-4-3-8-14(15)17/h3-9,18H,10-11H2,1-2H3. The van der Waals surface area contributed by atoms with Crippen LogP contribution in [0.3, 0.4) is 0 Å². The lowest BCUT2D eigenvalue weighted by Gasteiger charge is -2.13. The summed E-state index contributed by atoms with van der Waals surface area (Å²) in [7, 11) is 0. The highest BCUT2D eigenvalue weighted by molar-refractivity contribution is 5.44. The lowest BCUT2D eigenvalue weighted by atomic mass is 10.1. The van der Waals surface area contributed by atoms with Crippen LogP contribution in [-0.2, 0) is 0 Å². The average Bonchev–Trinajstić information content (AvgIpc) is 2.39. The van der Waals surface area contributed by atoms with Gasteiger partial charge in [0.2, 0.25) is 0 Å². The number of benzene rings is 2. The molecular weight excluding hydrogens is 241 g/mol. The molecule has 3 heteroatoms. The second-order valence-corrected chi connectivity index (χ2v) is 4.48. The molecular formula is C16H18FNO. The Balaban J connectivity index is 1.86. The Bertz CT molecular complexity index is 534. The van der Waals surface area contributed by atoms with Crippen LogP contribution in [-0.4, -0.2) is 13.2 Å². The quantitative estimate of drug-likeness (QED) is 0.821. The van der Waals surface area contributed by atoms with Gasteiger partial charge in [-0.2, -0.15) is 0 Å². The Labute approximate surface area is 113 Å². The van der Waals surface area contributed by atoms with Crippen molar-refractivity contribution in [2.75, 3.05) is 18.5 Å². The predicted molar refractivity (Wildman–Crippen MR) is 76.3 cm³/mol. The van der Waals surface area contributed by atoms with Gasteiger partial charge >= 0.3 is 0 Å². The molecule has 0 spiro atoms. The van der Waals surface area contributed by atoms with Gasteiger partial charge < -0.3 is 10.1 Å². The van der Waals surface area contributed by atoms with Crippen molar-refractivity contribution in [2.45, 2.75) is 13.8 Å². The van der Waals surface area contributed by atoms with Crippen LogP contribution in [0.4, 0.5) is 10.1 Å². The largest absolute Gasteiger partial charge is 0.491 e. The fraction of sp³-hybridized carbons (Fsp3) is 0.250. The minimum atomic E-state index is -0.241. The summed E-state index contributed by atoms with van der Waals surface area (Å²) in [5.74, 6) is 0.674. The molecule has 19 heavy (non-hydrogen) atoms. The van der Waals surface area contributed by atoms with Crippen molar-refractivity contribution in [3.8, 4) is 5.75 Å². The molecule has 0 unspecified atom stereocenters. The van der Waals surface area contributed by atoms with Gasteiger partial charge in [-0.1, -0.05) is 30.3 Å². The number of hydrogen-bond donors (Lipinski definition) is 1. The second kappa shape index (κ2) is 6.23. The van der Waals surface area contributed by atoms with Crippen LogP contribution in [0.1, 0.15) is 11.1 Å². The molecule has 2 rings (SSSR count). The molecule has 2 nitrogen and oxygen atoms in total. The molecule has 0 aliphatic carbocycles. The number of nitrogens with one attached hydrogen (secondary N) is 1. The fourth-order valence-electron chi connectivity index (χ4n) is 1.97. The number of para-hydroxylation sites is 2. The number of rotatable bonds is 5. The molecule has 0 fully saturated rings. The van der Waals surface area contributed by atoms with Crippen molar-refractivity contribution in [2.24, 2.45) is 0 Å². The highest BCUT2D eigenvalue weighted by Gasteiger charge is 2.03. The lowest BCUT2D eigenvalue weighted by Crippen LogP contribution is -2.13. The molecule has 0 saturated carbocycles. The first kappa shape index (κ1) is 13.4. The van der Waals surface area contributed by atoms with E-state index in [1.54, 1.807) is 18.2 Å². The van der Waals surface area contributed by atoms with Crippen molar-refractivity contribution in [1.29, 1.82) is 0 Å². The van der Waals surface area contributed by atoms with E-state index in [2.05, 4.69) is 5.32 Å². The van der Waals surface area contributed by atoms with Crippen LogP contribution in [0.25, 0.3) is 0 Å². The maximum Gasteiger partial charge on any atom is 0.146 e. The normalized spacial score (nSPS) is 10.3. The van der Waals surface area contributed by atoms with Gasteiger partial charge in [-0.15, -0.1) is 0 Å². The molecule has 0 atom stereocenters. The summed E-state index contributed by atoms with van der Waals surface area (Å²) in [5.41, 5.74) is 2.74. The minimum Gasteiger partial charge on any atom is -0.491 e. The smallest absolute Gasteiger partial charge is 0.146 e. The van der Waals surface area contributed by atoms with Gasteiger partial charge in [-0.3, -0.25) is 0 Å². The first-order valence-corrected chi connectivity index (χ1v) is 6.36. The lowest BCUT2D eigenvalue weighted by molar-refractivity contribution is 0.328. The fourth-order valence-corrected chi connectivity index (χ4v) is 1.97. The van der Waals surface area contributed by atoms with E-state index in [9.17, 15) is 4.39 Å². The monoisotopic (exact) mass is 259 g/mol. The third kappa shape index (κ3) is 3.47. The Hall–Kier alpha value is -2.03. The van der Waals surface area contributed by atoms with Crippen LogP contribution in [0.2, 0.25) is 0 Å². The highest BCUT2D eigenvalue weighted by Crippen LogP contribution is 2.22. The maximum absolute atomic E-state index is 13.4. The summed E-state index contributed by atoms with van der Waals surface area (Å²) in [4.78, 5) is 0. The molecule has 2 aromatic rings. The summed E-state index contributed by atoms with van der Waals surface area (Å²) < 4.78 is 19.1. The number of anilines is 1. The van der Waals surface area contributed by atoms with Gasteiger partial charge in [-0.05, 0) is 37.1 Å². The molecule has 0 bridgehead atoms. The highest BCUT2D eigenvalue weighted by atomic mass is 19.1. The predicted octanol–water partition coefficient (Wildman–Crippen LogP) is 3.93. The number of aryl methyl sites for hydroxylation is 2. The number of ether oxygens (including phenoxy) is 1. The van der Waals surface area contributed by atoms with E-state index in [-0.39, 0.29) is 5.82 Å². The van der Waals surface area contributed by atoms with E-state index in [0.29, 0.717) is 18.8 Å². The van der Waals surface area contributed by atoms with E-state index < -0.39 is 0 Å². The Morgan fingerprint density at radius 2 is 1.68 bits per heavy atom. The summed E-state index contributed by atoms with van der Waals surface area (Å²) in [6, 6.07) is 12.7. The van der Waals surface area contributed by atoms with E-state index in [1.165, 1.54) is 6.07 Å². The average molecular weight is 259 g/mol. The van der Waals surface area contributed by atoms with Crippen molar-refractivity contribution >= 4 is 5.69 Å².